The summed E-state index contributed by atoms with van der Waals surface area (Å²) in [6.45, 7) is 3.78. The molecule has 3 atom stereocenters. The number of carbonyl (C=O) groups excluding carboxylic acids is 2. The molecule has 1 aromatic carbocycles. The molecule has 2 heterocycles. The van der Waals surface area contributed by atoms with Crippen LogP contribution in [0.25, 0.3) is 0 Å². The standard InChI is InChI=1S/C18H21N3O5S/c1-8(2)11-7-27-17-13(16(24)21(17)14(11)18(25)26)20-15(23)12(19)9-3-5-10(22)6-4-9/h3-6,8,12-13,17,22H,7,19H2,1-2H3,(H,20,23)(H,25,26)/t12?,13?,17-/m1/s1. The minimum absolute atomic E-state index is 0.00825. The molecule has 2 amide bonds. The summed E-state index contributed by atoms with van der Waals surface area (Å²) in [5, 5.41) is 21.0. The molecular formula is C18H21N3O5S. The van der Waals surface area contributed by atoms with Crippen molar-refractivity contribution in [3.63, 3.8) is 0 Å². The third-order valence-corrected chi connectivity index (χ3v) is 6.03. The Morgan fingerprint density at radius 3 is 2.48 bits per heavy atom. The van der Waals surface area contributed by atoms with Crippen molar-refractivity contribution >= 4 is 29.5 Å². The molecule has 1 fully saturated rings. The van der Waals surface area contributed by atoms with E-state index >= 15 is 0 Å². The minimum atomic E-state index is -1.14. The maximum absolute atomic E-state index is 12.5. The van der Waals surface area contributed by atoms with Crippen molar-refractivity contribution in [3.05, 3.63) is 41.1 Å². The van der Waals surface area contributed by atoms with Gasteiger partial charge in [0.2, 0.25) is 5.91 Å². The minimum Gasteiger partial charge on any atom is -0.508 e. The molecule has 2 unspecified atom stereocenters. The largest absolute Gasteiger partial charge is 0.508 e. The fraction of sp³-hybridized carbons (Fsp3) is 0.389. The van der Waals surface area contributed by atoms with Crippen molar-refractivity contribution < 1.29 is 24.6 Å². The Kier molecular flexibility index (Phi) is 5.16. The second-order valence-corrected chi connectivity index (χ2v) is 7.90. The van der Waals surface area contributed by atoms with E-state index in [1.807, 2.05) is 13.8 Å². The first-order chi connectivity index (χ1) is 12.7. The molecule has 0 aliphatic carbocycles. The molecule has 27 heavy (non-hydrogen) atoms. The van der Waals surface area contributed by atoms with Crippen molar-refractivity contribution in [1.82, 2.24) is 10.2 Å². The predicted molar refractivity (Wildman–Crippen MR) is 99.6 cm³/mol. The van der Waals surface area contributed by atoms with Gasteiger partial charge in [-0.3, -0.25) is 14.5 Å². The van der Waals surface area contributed by atoms with E-state index in [0.717, 1.165) is 0 Å². The first-order valence-electron chi connectivity index (χ1n) is 8.48. The highest BCUT2D eigenvalue weighted by Crippen LogP contribution is 2.42. The summed E-state index contributed by atoms with van der Waals surface area (Å²) < 4.78 is 0. The van der Waals surface area contributed by atoms with Crippen LogP contribution < -0.4 is 11.1 Å². The van der Waals surface area contributed by atoms with Crippen molar-refractivity contribution in [2.24, 2.45) is 11.7 Å². The van der Waals surface area contributed by atoms with Crippen molar-refractivity contribution in [1.29, 1.82) is 0 Å². The van der Waals surface area contributed by atoms with Gasteiger partial charge in [-0.1, -0.05) is 26.0 Å². The second kappa shape index (κ2) is 7.24. The monoisotopic (exact) mass is 391 g/mol. The zero-order valence-corrected chi connectivity index (χ0v) is 15.7. The number of aliphatic carboxylic acids is 1. The van der Waals surface area contributed by atoms with Gasteiger partial charge in [-0.25, -0.2) is 4.79 Å². The van der Waals surface area contributed by atoms with Crippen LogP contribution in [0.15, 0.2) is 35.5 Å². The molecule has 0 aromatic heterocycles. The number of nitrogens with zero attached hydrogens (tertiary/aromatic N) is 1. The Balaban J connectivity index is 1.74. The predicted octanol–water partition coefficient (Wildman–Crippen LogP) is 0.787. The maximum Gasteiger partial charge on any atom is 0.352 e. The van der Waals surface area contributed by atoms with E-state index < -0.39 is 35.2 Å². The lowest BCUT2D eigenvalue weighted by molar-refractivity contribution is -0.151. The van der Waals surface area contributed by atoms with Crippen molar-refractivity contribution in [3.8, 4) is 5.75 Å². The highest BCUT2D eigenvalue weighted by molar-refractivity contribution is 8.00. The van der Waals surface area contributed by atoms with E-state index in [9.17, 15) is 24.6 Å². The quantitative estimate of drug-likeness (QED) is 0.545. The van der Waals surface area contributed by atoms with Gasteiger partial charge >= 0.3 is 5.97 Å². The Hall–Kier alpha value is -2.52. The normalized spacial score (nSPS) is 23.0. The van der Waals surface area contributed by atoms with Crippen LogP contribution in [0.5, 0.6) is 5.75 Å². The highest BCUT2D eigenvalue weighted by atomic mass is 32.2. The molecule has 9 heteroatoms. The molecule has 0 bridgehead atoms. The van der Waals surface area contributed by atoms with Crippen LogP contribution in [0.1, 0.15) is 25.5 Å². The zero-order valence-electron chi connectivity index (χ0n) is 14.9. The fourth-order valence-corrected chi connectivity index (χ4v) is 4.72. The van der Waals surface area contributed by atoms with Crippen molar-refractivity contribution in [2.45, 2.75) is 31.3 Å². The van der Waals surface area contributed by atoms with Gasteiger partial charge in [-0.2, -0.15) is 0 Å². The van der Waals surface area contributed by atoms with Crippen LogP contribution in [-0.4, -0.2) is 50.1 Å². The maximum atomic E-state index is 12.5. The molecular weight excluding hydrogens is 370 g/mol. The summed E-state index contributed by atoms with van der Waals surface area (Å²) in [4.78, 5) is 37.9. The summed E-state index contributed by atoms with van der Waals surface area (Å²) in [5.41, 5.74) is 7.17. The summed E-state index contributed by atoms with van der Waals surface area (Å²) in [5.74, 6) is -1.56. The number of thioether (sulfide) groups is 1. The van der Waals surface area contributed by atoms with Gasteiger partial charge in [0, 0.05) is 5.75 Å². The van der Waals surface area contributed by atoms with E-state index in [4.69, 9.17) is 5.73 Å². The van der Waals surface area contributed by atoms with Gasteiger partial charge < -0.3 is 21.3 Å². The first kappa shape index (κ1) is 19.2. The van der Waals surface area contributed by atoms with Gasteiger partial charge in [0.05, 0.1) is 0 Å². The molecule has 0 spiro atoms. The van der Waals surface area contributed by atoms with Crippen LogP contribution in [0.2, 0.25) is 0 Å². The number of nitrogens with two attached hydrogens (primary N) is 1. The molecule has 5 N–H and O–H groups in total. The number of fused-ring (bicyclic) bond motifs is 1. The van der Waals surface area contributed by atoms with E-state index in [1.54, 1.807) is 0 Å². The smallest absolute Gasteiger partial charge is 0.352 e. The number of carbonyl (C=O) groups is 3. The van der Waals surface area contributed by atoms with E-state index in [0.29, 0.717) is 16.9 Å². The molecule has 1 aromatic rings. The lowest BCUT2D eigenvalue weighted by Gasteiger charge is -2.50. The summed E-state index contributed by atoms with van der Waals surface area (Å²) in [6.07, 6.45) is 0. The SMILES string of the molecule is CC(C)C1=C(C(=O)O)N2C(=O)C(NC(=O)C(N)c3ccc(O)cc3)[C@H]2SC1. The summed E-state index contributed by atoms with van der Waals surface area (Å²) in [7, 11) is 0. The number of carboxylic acid groups (broad SMARTS) is 1. The van der Waals surface area contributed by atoms with Crippen LogP contribution in [0.3, 0.4) is 0 Å². The van der Waals surface area contributed by atoms with Gasteiger partial charge in [-0.15, -0.1) is 11.8 Å². The average Bonchev–Trinajstić information content (AvgIpc) is 2.64. The fourth-order valence-electron chi connectivity index (χ4n) is 3.16. The lowest BCUT2D eigenvalue weighted by atomic mass is 9.97. The Morgan fingerprint density at radius 1 is 1.30 bits per heavy atom. The molecule has 0 radical (unpaired) electrons. The Labute approximate surface area is 160 Å². The van der Waals surface area contributed by atoms with Crippen LogP contribution in [-0.2, 0) is 14.4 Å². The lowest BCUT2D eigenvalue weighted by Crippen LogP contribution is -2.71. The number of amides is 2. The van der Waals surface area contributed by atoms with E-state index in [2.05, 4.69) is 5.32 Å². The average molecular weight is 391 g/mol. The number of phenolic OH excluding ortho intramolecular Hbond substituents is 1. The number of aromatic hydroxyl groups is 1. The molecule has 2 aliphatic heterocycles. The third-order valence-electron chi connectivity index (χ3n) is 4.73. The number of hydrogen-bond acceptors (Lipinski definition) is 6. The highest BCUT2D eigenvalue weighted by Gasteiger charge is 2.54. The van der Waals surface area contributed by atoms with E-state index in [1.165, 1.54) is 40.9 Å². The van der Waals surface area contributed by atoms with Gasteiger partial charge in [-0.05, 0) is 29.2 Å². The molecule has 0 saturated carbocycles. The third kappa shape index (κ3) is 3.40. The Bertz CT molecular complexity index is 821. The van der Waals surface area contributed by atoms with Crippen molar-refractivity contribution in [2.75, 3.05) is 5.75 Å². The summed E-state index contributed by atoms with van der Waals surface area (Å²) in [6, 6.07) is 4.10. The Morgan fingerprint density at radius 2 is 1.93 bits per heavy atom. The number of nitrogens with one attached hydrogen (secondary N) is 1. The first-order valence-corrected chi connectivity index (χ1v) is 9.53. The van der Waals surface area contributed by atoms with Gasteiger partial charge in [0.15, 0.2) is 0 Å². The number of benzene rings is 1. The number of rotatable bonds is 5. The zero-order chi connectivity index (χ0) is 19.9. The molecule has 144 valence electrons. The van der Waals surface area contributed by atoms with Crippen LogP contribution in [0.4, 0.5) is 0 Å². The summed E-state index contributed by atoms with van der Waals surface area (Å²) >= 11 is 1.43. The van der Waals surface area contributed by atoms with Gasteiger partial charge in [0.25, 0.3) is 5.91 Å². The molecule has 3 rings (SSSR count). The molecule has 2 aliphatic rings. The van der Waals surface area contributed by atoms with Crippen LogP contribution >= 0.6 is 11.8 Å². The van der Waals surface area contributed by atoms with Crippen LogP contribution in [0, 0.1) is 5.92 Å². The topological polar surface area (TPSA) is 133 Å². The number of β-lactam (4-membered cyclic amide) rings is 1. The molecule has 8 nitrogen and oxygen atoms in total. The number of phenols is 1. The van der Waals surface area contributed by atoms with E-state index in [-0.39, 0.29) is 17.4 Å². The van der Waals surface area contributed by atoms with Gasteiger partial charge in [0.1, 0.15) is 28.9 Å². The second-order valence-electron chi connectivity index (χ2n) is 6.80. The molecule has 1 saturated heterocycles. The number of hydrogen-bond donors (Lipinski definition) is 4. The number of carboxylic acids is 1.